The largest absolute Gasteiger partial charge is 0.462 e. The van der Waals surface area contributed by atoms with Gasteiger partial charge in [0.05, 0.1) is 5.41 Å². The van der Waals surface area contributed by atoms with Gasteiger partial charge in [0.1, 0.15) is 30.7 Å². The maximum atomic E-state index is 12.0. The fourth-order valence-electron chi connectivity index (χ4n) is 3.04. The van der Waals surface area contributed by atoms with Crippen molar-refractivity contribution in [3.05, 3.63) is 29.3 Å². The lowest BCUT2D eigenvalue weighted by Gasteiger charge is -2.39. The van der Waals surface area contributed by atoms with Gasteiger partial charge in [-0.2, -0.15) is 0 Å². The minimum Gasteiger partial charge on any atom is -0.462 e. The average Bonchev–Trinajstić information content (AvgIpc) is 2.66. The van der Waals surface area contributed by atoms with Crippen LogP contribution in [0.1, 0.15) is 45.7 Å². The molecule has 0 aliphatic carbocycles. The van der Waals surface area contributed by atoms with E-state index < -0.39 is 36.3 Å². The molecule has 2 rings (SSSR count). The normalized spacial score (nSPS) is 27.2. The second-order valence-electron chi connectivity index (χ2n) is 9.06. The highest BCUT2D eigenvalue weighted by Crippen LogP contribution is 2.29. The molecule has 170 valence electrons. The molecule has 1 saturated heterocycles. The molecule has 0 spiro atoms. The number of carbonyl (C=O) groups is 1. The molecular formula is C22H34O8. The van der Waals surface area contributed by atoms with Gasteiger partial charge in [-0.3, -0.25) is 4.79 Å². The van der Waals surface area contributed by atoms with E-state index in [4.69, 9.17) is 18.9 Å². The third-order valence-electron chi connectivity index (χ3n) is 4.74. The number of carbonyl (C=O) groups excluding carboxylic acids is 1. The third-order valence-corrected chi connectivity index (χ3v) is 4.74. The number of aliphatic hydroxyl groups excluding tert-OH is 3. The van der Waals surface area contributed by atoms with E-state index in [1.165, 1.54) is 7.11 Å². The van der Waals surface area contributed by atoms with Gasteiger partial charge in [0, 0.05) is 7.11 Å². The van der Waals surface area contributed by atoms with Gasteiger partial charge in [-0.25, -0.2) is 0 Å². The van der Waals surface area contributed by atoms with E-state index in [2.05, 4.69) is 13.8 Å². The van der Waals surface area contributed by atoms with Crippen molar-refractivity contribution in [2.75, 3.05) is 7.11 Å². The van der Waals surface area contributed by atoms with Crippen LogP contribution >= 0.6 is 0 Å². The summed E-state index contributed by atoms with van der Waals surface area (Å²) in [7, 11) is 1.33. The Labute approximate surface area is 177 Å². The molecule has 1 aromatic rings. The van der Waals surface area contributed by atoms with Crippen LogP contribution in [0.4, 0.5) is 0 Å². The van der Waals surface area contributed by atoms with Crippen LogP contribution in [-0.2, 0) is 32.0 Å². The molecule has 0 radical (unpaired) electrons. The van der Waals surface area contributed by atoms with E-state index in [0.29, 0.717) is 18.1 Å². The molecule has 30 heavy (non-hydrogen) atoms. The zero-order valence-corrected chi connectivity index (χ0v) is 18.5. The molecule has 0 bridgehead atoms. The quantitative estimate of drug-likeness (QED) is 0.565. The second kappa shape index (κ2) is 10.1. The lowest BCUT2D eigenvalue weighted by atomic mass is 9.97. The maximum Gasteiger partial charge on any atom is 0.311 e. The first kappa shape index (κ1) is 24.6. The topological polar surface area (TPSA) is 115 Å². The summed E-state index contributed by atoms with van der Waals surface area (Å²) in [5.41, 5.74) is 1.08. The molecular weight excluding hydrogens is 392 g/mol. The van der Waals surface area contributed by atoms with E-state index in [1.54, 1.807) is 32.9 Å². The van der Waals surface area contributed by atoms with Gasteiger partial charge in [0.15, 0.2) is 6.29 Å². The summed E-state index contributed by atoms with van der Waals surface area (Å²) >= 11 is 0. The summed E-state index contributed by atoms with van der Waals surface area (Å²) in [5.74, 6) is 0.498. The molecule has 8 nitrogen and oxygen atoms in total. The SMILES string of the molecule is CO[C@H]1O[C@@H](Oc2ccc(COC(=O)C(C)(C)C)cc2CC(C)C)[C@H](O)[C@@H](O)[C@@H]1O. The van der Waals surface area contributed by atoms with E-state index in [0.717, 1.165) is 11.1 Å². The Hall–Kier alpha value is -1.71. The van der Waals surface area contributed by atoms with Gasteiger partial charge in [-0.1, -0.05) is 19.9 Å². The third kappa shape index (κ3) is 6.15. The fourth-order valence-corrected chi connectivity index (χ4v) is 3.04. The van der Waals surface area contributed by atoms with E-state index in [1.807, 2.05) is 6.07 Å². The predicted octanol–water partition coefficient (Wildman–Crippen LogP) is 1.76. The van der Waals surface area contributed by atoms with Crippen molar-refractivity contribution in [2.24, 2.45) is 11.3 Å². The molecule has 1 aliphatic rings. The predicted molar refractivity (Wildman–Crippen MR) is 109 cm³/mol. The number of hydrogen-bond acceptors (Lipinski definition) is 8. The summed E-state index contributed by atoms with van der Waals surface area (Å²) < 4.78 is 21.7. The Morgan fingerprint density at radius 2 is 1.73 bits per heavy atom. The number of ether oxygens (including phenoxy) is 4. The van der Waals surface area contributed by atoms with Crippen LogP contribution in [0.5, 0.6) is 5.75 Å². The van der Waals surface area contributed by atoms with E-state index >= 15 is 0 Å². The van der Waals surface area contributed by atoms with Crippen LogP contribution in [0.25, 0.3) is 0 Å². The molecule has 0 saturated carbocycles. The molecule has 0 unspecified atom stereocenters. The molecule has 3 N–H and O–H groups in total. The van der Waals surface area contributed by atoms with Crippen molar-refractivity contribution in [3.8, 4) is 5.75 Å². The highest BCUT2D eigenvalue weighted by Gasteiger charge is 2.45. The number of esters is 1. The Morgan fingerprint density at radius 1 is 1.10 bits per heavy atom. The zero-order valence-electron chi connectivity index (χ0n) is 18.5. The summed E-state index contributed by atoms with van der Waals surface area (Å²) in [6.45, 7) is 9.65. The smallest absolute Gasteiger partial charge is 0.311 e. The Balaban J connectivity index is 2.19. The van der Waals surface area contributed by atoms with Crippen LogP contribution in [0, 0.1) is 11.3 Å². The maximum absolute atomic E-state index is 12.0. The number of aliphatic hydroxyl groups is 3. The number of benzene rings is 1. The molecule has 8 heteroatoms. The fraction of sp³-hybridized carbons (Fsp3) is 0.682. The van der Waals surface area contributed by atoms with Crippen molar-refractivity contribution in [3.63, 3.8) is 0 Å². The van der Waals surface area contributed by atoms with Gasteiger partial charge >= 0.3 is 5.97 Å². The van der Waals surface area contributed by atoms with Crippen molar-refractivity contribution < 1.29 is 39.1 Å². The zero-order chi connectivity index (χ0) is 22.6. The highest BCUT2D eigenvalue weighted by atomic mass is 16.8. The number of rotatable bonds is 7. The molecule has 0 aromatic heterocycles. The first-order valence-electron chi connectivity index (χ1n) is 10.1. The standard InChI is InChI=1S/C22H34O8/c1-12(2)9-14-10-13(11-28-21(26)22(3,4)5)7-8-15(14)29-20-18(25)16(23)17(24)19(27-6)30-20/h7-8,10,12,16-20,23-25H,9,11H2,1-6H3/t16-,17-,18+,19-,20+/m0/s1. The van der Waals surface area contributed by atoms with Gasteiger partial charge in [0.2, 0.25) is 6.29 Å². The highest BCUT2D eigenvalue weighted by molar-refractivity contribution is 5.75. The van der Waals surface area contributed by atoms with Crippen LogP contribution in [0.2, 0.25) is 0 Å². The van der Waals surface area contributed by atoms with Crippen LogP contribution < -0.4 is 4.74 Å². The van der Waals surface area contributed by atoms with Gasteiger partial charge < -0.3 is 34.3 Å². The minimum atomic E-state index is -1.47. The van der Waals surface area contributed by atoms with Crippen molar-refractivity contribution in [1.82, 2.24) is 0 Å². The lowest BCUT2D eigenvalue weighted by Crippen LogP contribution is -2.59. The first-order valence-corrected chi connectivity index (χ1v) is 10.1. The summed E-state index contributed by atoms with van der Waals surface area (Å²) in [5, 5.41) is 30.2. The number of hydrogen-bond donors (Lipinski definition) is 3. The van der Waals surface area contributed by atoms with Crippen LogP contribution in [0.15, 0.2) is 18.2 Å². The molecule has 1 aromatic carbocycles. The Morgan fingerprint density at radius 3 is 2.30 bits per heavy atom. The Kier molecular flexibility index (Phi) is 8.24. The van der Waals surface area contributed by atoms with Crippen molar-refractivity contribution >= 4 is 5.97 Å². The van der Waals surface area contributed by atoms with Gasteiger partial charge in [-0.05, 0) is 56.4 Å². The molecule has 0 amide bonds. The summed E-state index contributed by atoms with van der Waals surface area (Å²) in [6, 6.07) is 5.37. The lowest BCUT2D eigenvalue weighted by molar-refractivity contribution is -0.327. The summed E-state index contributed by atoms with van der Waals surface area (Å²) in [6.07, 6.45) is -5.98. The van der Waals surface area contributed by atoms with E-state index in [9.17, 15) is 20.1 Å². The van der Waals surface area contributed by atoms with E-state index in [-0.39, 0.29) is 12.6 Å². The number of methoxy groups -OCH3 is 1. The molecule has 1 fully saturated rings. The van der Waals surface area contributed by atoms with Crippen molar-refractivity contribution in [1.29, 1.82) is 0 Å². The van der Waals surface area contributed by atoms with Crippen molar-refractivity contribution in [2.45, 2.75) is 78.5 Å². The van der Waals surface area contributed by atoms with Crippen LogP contribution in [0.3, 0.4) is 0 Å². The average molecular weight is 427 g/mol. The molecule has 1 aliphatic heterocycles. The first-order chi connectivity index (χ1) is 13.9. The van der Waals surface area contributed by atoms with Crippen LogP contribution in [-0.4, -0.2) is 59.3 Å². The molecule has 5 atom stereocenters. The molecule has 1 heterocycles. The monoisotopic (exact) mass is 426 g/mol. The second-order valence-corrected chi connectivity index (χ2v) is 9.06. The minimum absolute atomic E-state index is 0.140. The van der Waals surface area contributed by atoms with Gasteiger partial charge in [-0.15, -0.1) is 0 Å². The summed E-state index contributed by atoms with van der Waals surface area (Å²) in [4.78, 5) is 12.0. The Bertz CT molecular complexity index is 710. The van der Waals surface area contributed by atoms with Gasteiger partial charge in [0.25, 0.3) is 0 Å².